The average Bonchev–Trinajstić information content (AvgIpc) is 2.79. The molecule has 0 aliphatic carbocycles. The Balaban J connectivity index is 1.48. The van der Waals surface area contributed by atoms with Crippen LogP contribution < -0.4 is 9.80 Å². The first kappa shape index (κ1) is 23.3. The minimum absolute atomic E-state index is 0.0580. The van der Waals surface area contributed by atoms with Crippen molar-refractivity contribution in [3.63, 3.8) is 0 Å². The number of rotatable bonds is 5. The lowest BCUT2D eigenvalue weighted by molar-refractivity contribution is -0.385. The zero-order chi connectivity index (χ0) is 23.8. The molecule has 0 bridgehead atoms. The molecule has 2 aliphatic heterocycles. The van der Waals surface area contributed by atoms with Gasteiger partial charge in [0.1, 0.15) is 5.82 Å². The Morgan fingerprint density at radius 3 is 2.18 bits per heavy atom. The Bertz CT molecular complexity index is 1140. The van der Waals surface area contributed by atoms with E-state index in [9.17, 15) is 18.5 Å². The van der Waals surface area contributed by atoms with E-state index < -0.39 is 14.9 Å². The first-order valence-electron chi connectivity index (χ1n) is 10.9. The Morgan fingerprint density at radius 1 is 0.909 bits per heavy atom. The third-order valence-corrected chi connectivity index (χ3v) is 8.09. The van der Waals surface area contributed by atoms with Gasteiger partial charge in [0, 0.05) is 75.7 Å². The summed E-state index contributed by atoms with van der Waals surface area (Å²) < 4.78 is 27.6. The molecule has 178 valence electrons. The number of hydrogen-bond donors (Lipinski definition) is 0. The summed E-state index contributed by atoms with van der Waals surface area (Å²) in [6.07, 6.45) is 0. The van der Waals surface area contributed by atoms with Crippen LogP contribution in [0.4, 0.5) is 17.5 Å². The maximum absolute atomic E-state index is 13.1. The Labute approximate surface area is 193 Å². The standard InChI is InChI=1S/C21H29N7O4S/c1-16-4-5-18(15-19(16)28(29)30)33(31,32)27-12-10-26(11-13-27)21-22-17(2)14-20(23-21)25-8-6-24(3)7-9-25/h4-5,14-15H,6-13H2,1-3H3. The van der Waals surface area contributed by atoms with Crippen molar-refractivity contribution in [3.8, 4) is 0 Å². The van der Waals surface area contributed by atoms with Crippen molar-refractivity contribution < 1.29 is 13.3 Å². The molecule has 1 aromatic carbocycles. The minimum atomic E-state index is -3.83. The van der Waals surface area contributed by atoms with E-state index in [1.807, 2.05) is 17.9 Å². The quantitative estimate of drug-likeness (QED) is 0.465. The van der Waals surface area contributed by atoms with E-state index >= 15 is 0 Å². The Kier molecular flexibility index (Phi) is 6.50. The molecule has 2 fully saturated rings. The fraction of sp³-hybridized carbons (Fsp3) is 0.524. The van der Waals surface area contributed by atoms with Crippen LogP contribution in [0, 0.1) is 24.0 Å². The van der Waals surface area contributed by atoms with Crippen LogP contribution in [0.1, 0.15) is 11.3 Å². The molecule has 0 N–H and O–H groups in total. The number of hydrogen-bond acceptors (Lipinski definition) is 9. The number of aromatic nitrogens is 2. The summed E-state index contributed by atoms with van der Waals surface area (Å²) in [5.74, 6) is 1.50. The van der Waals surface area contributed by atoms with Gasteiger partial charge in [0.2, 0.25) is 16.0 Å². The van der Waals surface area contributed by atoms with Gasteiger partial charge in [0.25, 0.3) is 5.69 Å². The molecule has 2 aromatic rings. The van der Waals surface area contributed by atoms with Gasteiger partial charge in [-0.25, -0.2) is 13.4 Å². The van der Waals surface area contributed by atoms with Crippen LogP contribution in [0.15, 0.2) is 29.2 Å². The number of benzene rings is 1. The van der Waals surface area contributed by atoms with Gasteiger partial charge in [-0.05, 0) is 27.0 Å². The SMILES string of the molecule is Cc1cc(N2CCN(C)CC2)nc(N2CCN(S(=O)(=O)c3ccc(C)c([N+](=O)[O-])c3)CC2)n1. The third kappa shape index (κ3) is 4.92. The molecule has 1 aromatic heterocycles. The van der Waals surface area contributed by atoms with E-state index in [-0.39, 0.29) is 23.7 Å². The molecule has 0 atom stereocenters. The van der Waals surface area contributed by atoms with E-state index in [1.54, 1.807) is 6.92 Å². The van der Waals surface area contributed by atoms with Gasteiger partial charge < -0.3 is 14.7 Å². The monoisotopic (exact) mass is 475 g/mol. The number of nitro benzene ring substituents is 1. The molecule has 0 unspecified atom stereocenters. The Hall–Kier alpha value is -2.83. The first-order valence-corrected chi connectivity index (χ1v) is 12.4. The predicted octanol–water partition coefficient (Wildman–Crippen LogP) is 1.26. The summed E-state index contributed by atoms with van der Waals surface area (Å²) in [6.45, 7) is 8.69. The maximum atomic E-state index is 13.1. The molecule has 2 saturated heterocycles. The summed E-state index contributed by atoms with van der Waals surface area (Å²) in [6, 6.07) is 6.03. The number of nitrogens with zero attached hydrogens (tertiary/aromatic N) is 7. The smallest absolute Gasteiger partial charge is 0.273 e. The molecule has 0 radical (unpaired) electrons. The van der Waals surface area contributed by atoms with Crippen molar-refractivity contribution in [2.45, 2.75) is 18.7 Å². The fourth-order valence-corrected chi connectivity index (χ4v) is 5.54. The van der Waals surface area contributed by atoms with Crippen molar-refractivity contribution in [2.24, 2.45) is 0 Å². The van der Waals surface area contributed by atoms with Crippen molar-refractivity contribution in [1.82, 2.24) is 19.2 Å². The van der Waals surface area contributed by atoms with Gasteiger partial charge in [0.15, 0.2) is 0 Å². The molecule has 2 aliphatic rings. The van der Waals surface area contributed by atoms with Crippen molar-refractivity contribution in [1.29, 1.82) is 0 Å². The van der Waals surface area contributed by atoms with E-state index in [0.717, 1.165) is 43.8 Å². The molecule has 0 saturated carbocycles. The van der Waals surface area contributed by atoms with Crippen LogP contribution in [-0.4, -0.2) is 91.9 Å². The first-order chi connectivity index (χ1) is 15.6. The number of piperazine rings is 2. The maximum Gasteiger partial charge on any atom is 0.273 e. The van der Waals surface area contributed by atoms with E-state index in [2.05, 4.69) is 21.8 Å². The van der Waals surface area contributed by atoms with Crippen molar-refractivity contribution in [2.75, 3.05) is 69.2 Å². The van der Waals surface area contributed by atoms with Gasteiger partial charge >= 0.3 is 0 Å². The lowest BCUT2D eigenvalue weighted by Gasteiger charge is -2.36. The second-order valence-corrected chi connectivity index (χ2v) is 10.5. The highest BCUT2D eigenvalue weighted by Gasteiger charge is 2.31. The number of likely N-dealkylation sites (N-methyl/N-ethyl adjacent to an activating group) is 1. The zero-order valence-electron chi connectivity index (χ0n) is 19.1. The molecular formula is C21H29N7O4S. The van der Waals surface area contributed by atoms with E-state index in [0.29, 0.717) is 24.6 Å². The molecule has 11 nitrogen and oxygen atoms in total. The van der Waals surface area contributed by atoms with Crippen LogP contribution in [0.3, 0.4) is 0 Å². The van der Waals surface area contributed by atoms with E-state index in [4.69, 9.17) is 4.98 Å². The van der Waals surface area contributed by atoms with Crippen molar-refractivity contribution >= 4 is 27.5 Å². The third-order valence-electron chi connectivity index (χ3n) is 6.19. The van der Waals surface area contributed by atoms with Gasteiger partial charge in [-0.3, -0.25) is 10.1 Å². The highest BCUT2D eigenvalue weighted by Crippen LogP contribution is 2.26. The van der Waals surface area contributed by atoms with Gasteiger partial charge in [0.05, 0.1) is 9.82 Å². The number of anilines is 2. The second-order valence-electron chi connectivity index (χ2n) is 8.55. The van der Waals surface area contributed by atoms with Crippen LogP contribution >= 0.6 is 0 Å². The van der Waals surface area contributed by atoms with Crippen LogP contribution in [-0.2, 0) is 10.0 Å². The molecular weight excluding hydrogens is 446 g/mol. The molecule has 3 heterocycles. The number of aryl methyl sites for hydroxylation is 2. The van der Waals surface area contributed by atoms with Gasteiger partial charge in [-0.1, -0.05) is 6.07 Å². The highest BCUT2D eigenvalue weighted by molar-refractivity contribution is 7.89. The summed E-state index contributed by atoms with van der Waals surface area (Å²) in [7, 11) is -1.72. The van der Waals surface area contributed by atoms with Gasteiger partial charge in [-0.2, -0.15) is 9.29 Å². The van der Waals surface area contributed by atoms with E-state index in [1.165, 1.54) is 16.4 Å². The number of sulfonamides is 1. The second kappa shape index (κ2) is 9.20. The molecule has 33 heavy (non-hydrogen) atoms. The summed E-state index contributed by atoms with van der Waals surface area (Å²) in [5, 5.41) is 11.2. The fourth-order valence-electron chi connectivity index (χ4n) is 4.10. The Morgan fingerprint density at radius 2 is 1.55 bits per heavy atom. The average molecular weight is 476 g/mol. The van der Waals surface area contributed by atoms with Crippen LogP contribution in [0.2, 0.25) is 0 Å². The largest absolute Gasteiger partial charge is 0.354 e. The predicted molar refractivity (Wildman–Crippen MR) is 125 cm³/mol. The summed E-state index contributed by atoms with van der Waals surface area (Å²) in [4.78, 5) is 26.5. The molecule has 0 spiro atoms. The summed E-state index contributed by atoms with van der Waals surface area (Å²) >= 11 is 0. The van der Waals surface area contributed by atoms with Crippen LogP contribution in [0.25, 0.3) is 0 Å². The summed E-state index contributed by atoms with van der Waals surface area (Å²) in [5.41, 5.74) is 1.10. The molecule has 12 heteroatoms. The van der Waals surface area contributed by atoms with Crippen molar-refractivity contribution in [3.05, 3.63) is 45.6 Å². The molecule has 4 rings (SSSR count). The molecule has 0 amide bonds. The minimum Gasteiger partial charge on any atom is -0.354 e. The zero-order valence-corrected chi connectivity index (χ0v) is 20.0. The van der Waals surface area contributed by atoms with Crippen LogP contribution in [0.5, 0.6) is 0 Å². The normalized spacial score (nSPS) is 18.5. The van der Waals surface area contributed by atoms with Gasteiger partial charge in [-0.15, -0.1) is 0 Å². The number of nitro groups is 1. The topological polar surface area (TPSA) is 116 Å². The highest BCUT2D eigenvalue weighted by atomic mass is 32.2. The lowest BCUT2D eigenvalue weighted by atomic mass is 10.2. The lowest BCUT2D eigenvalue weighted by Crippen LogP contribution is -2.49.